The van der Waals surface area contributed by atoms with Crippen molar-refractivity contribution >= 4 is 15.7 Å². The highest BCUT2D eigenvalue weighted by molar-refractivity contribution is 7.90. The molecule has 0 aliphatic rings. The lowest BCUT2D eigenvalue weighted by atomic mass is 10.1. The number of hydrogen-bond donors (Lipinski definition) is 1. The normalized spacial score (nSPS) is 11.4. The number of amides is 1. The van der Waals surface area contributed by atoms with E-state index >= 15 is 0 Å². The SMILES string of the molecule is CS(=O)(=O)c1ccc(C(=O)NCc2cn(-c3ccccc3)nc2-c2ccccc2)o1. The minimum Gasteiger partial charge on any atom is -0.440 e. The Bertz CT molecular complexity index is 1280. The molecule has 0 atom stereocenters. The Morgan fingerprint density at radius 2 is 1.67 bits per heavy atom. The van der Waals surface area contributed by atoms with E-state index in [1.807, 2.05) is 66.9 Å². The van der Waals surface area contributed by atoms with E-state index in [0.717, 1.165) is 28.8 Å². The fraction of sp³-hybridized carbons (Fsp3) is 0.0909. The van der Waals surface area contributed by atoms with E-state index in [1.54, 1.807) is 4.68 Å². The molecule has 0 radical (unpaired) electrons. The summed E-state index contributed by atoms with van der Waals surface area (Å²) in [5, 5.41) is 7.23. The number of carbonyl (C=O) groups is 1. The maximum atomic E-state index is 12.5. The van der Waals surface area contributed by atoms with E-state index in [1.165, 1.54) is 12.1 Å². The smallest absolute Gasteiger partial charge is 0.287 e. The summed E-state index contributed by atoms with van der Waals surface area (Å²) in [6.45, 7) is 0.199. The molecular formula is C22H19N3O4S. The zero-order valence-electron chi connectivity index (χ0n) is 16.1. The van der Waals surface area contributed by atoms with Crippen LogP contribution in [0, 0.1) is 0 Å². The first kappa shape index (κ1) is 19.7. The standard InChI is InChI=1S/C22H19N3O4S/c1-30(27,28)20-13-12-19(29-20)22(26)23-14-17-15-25(18-10-6-3-7-11-18)24-21(17)16-8-4-2-5-9-16/h2-13,15H,14H2,1H3,(H,23,26). The van der Waals surface area contributed by atoms with Crippen molar-refractivity contribution in [1.29, 1.82) is 0 Å². The fourth-order valence-corrected chi connectivity index (χ4v) is 3.55. The summed E-state index contributed by atoms with van der Waals surface area (Å²) in [4.78, 5) is 12.5. The molecule has 1 amide bonds. The third-order valence-electron chi connectivity index (χ3n) is 4.47. The predicted octanol–water partition coefficient (Wildman–Crippen LogP) is 3.47. The van der Waals surface area contributed by atoms with Gasteiger partial charge in [-0.25, -0.2) is 13.1 Å². The molecule has 152 valence electrons. The Morgan fingerprint density at radius 3 is 2.30 bits per heavy atom. The van der Waals surface area contributed by atoms with Gasteiger partial charge in [0.15, 0.2) is 5.76 Å². The van der Waals surface area contributed by atoms with E-state index in [2.05, 4.69) is 5.32 Å². The van der Waals surface area contributed by atoms with Crippen LogP contribution in [0.15, 0.2) is 88.5 Å². The average Bonchev–Trinajstić information content (AvgIpc) is 3.41. The molecular weight excluding hydrogens is 402 g/mol. The number of carbonyl (C=O) groups excluding carboxylic acids is 1. The van der Waals surface area contributed by atoms with E-state index in [-0.39, 0.29) is 17.4 Å². The van der Waals surface area contributed by atoms with Crippen LogP contribution in [0.1, 0.15) is 16.1 Å². The van der Waals surface area contributed by atoms with Gasteiger partial charge in [0.05, 0.1) is 11.4 Å². The molecule has 7 nitrogen and oxygen atoms in total. The van der Waals surface area contributed by atoms with E-state index < -0.39 is 15.7 Å². The molecule has 0 spiro atoms. The number of sulfone groups is 1. The van der Waals surface area contributed by atoms with Gasteiger partial charge in [-0.15, -0.1) is 0 Å². The molecule has 2 heterocycles. The second-order valence-electron chi connectivity index (χ2n) is 6.72. The lowest BCUT2D eigenvalue weighted by Gasteiger charge is -2.04. The molecule has 0 aliphatic carbocycles. The van der Waals surface area contributed by atoms with Gasteiger partial charge >= 0.3 is 0 Å². The summed E-state index contributed by atoms with van der Waals surface area (Å²) in [5.41, 5.74) is 3.38. The minimum absolute atomic E-state index is 0.0628. The molecule has 0 saturated carbocycles. The molecule has 0 saturated heterocycles. The van der Waals surface area contributed by atoms with Gasteiger partial charge in [-0.05, 0) is 24.3 Å². The van der Waals surface area contributed by atoms with Crippen molar-refractivity contribution in [2.24, 2.45) is 0 Å². The Kier molecular flexibility index (Phi) is 5.24. The van der Waals surface area contributed by atoms with Crippen molar-refractivity contribution in [1.82, 2.24) is 15.1 Å². The van der Waals surface area contributed by atoms with Gasteiger partial charge < -0.3 is 9.73 Å². The number of benzene rings is 2. The van der Waals surface area contributed by atoms with Gasteiger partial charge in [0.2, 0.25) is 14.9 Å². The van der Waals surface area contributed by atoms with Crippen molar-refractivity contribution in [3.63, 3.8) is 0 Å². The zero-order chi connectivity index (χ0) is 21.1. The maximum Gasteiger partial charge on any atom is 0.287 e. The topological polar surface area (TPSA) is 94.2 Å². The molecule has 30 heavy (non-hydrogen) atoms. The van der Waals surface area contributed by atoms with Crippen molar-refractivity contribution in [2.75, 3.05) is 6.26 Å². The summed E-state index contributed by atoms with van der Waals surface area (Å²) >= 11 is 0. The van der Waals surface area contributed by atoms with Crippen LogP contribution < -0.4 is 5.32 Å². The molecule has 4 rings (SSSR count). The monoisotopic (exact) mass is 421 g/mol. The average molecular weight is 421 g/mol. The highest BCUT2D eigenvalue weighted by Gasteiger charge is 2.18. The molecule has 2 aromatic carbocycles. The van der Waals surface area contributed by atoms with Gasteiger partial charge in [-0.2, -0.15) is 5.10 Å². The number of aromatic nitrogens is 2. The summed E-state index contributed by atoms with van der Waals surface area (Å²) in [5.74, 6) is -0.566. The molecule has 0 aliphatic heterocycles. The summed E-state index contributed by atoms with van der Waals surface area (Å²) < 4.78 is 30.0. The highest BCUT2D eigenvalue weighted by Crippen LogP contribution is 2.24. The van der Waals surface area contributed by atoms with Gasteiger partial charge in [0.1, 0.15) is 0 Å². The second-order valence-corrected chi connectivity index (χ2v) is 8.67. The molecule has 0 fully saturated rings. The molecule has 0 bridgehead atoms. The van der Waals surface area contributed by atoms with Crippen LogP contribution in [0.25, 0.3) is 16.9 Å². The van der Waals surface area contributed by atoms with Crippen LogP contribution in [0.5, 0.6) is 0 Å². The lowest BCUT2D eigenvalue weighted by Crippen LogP contribution is -2.22. The Hall–Kier alpha value is -3.65. The highest BCUT2D eigenvalue weighted by atomic mass is 32.2. The third kappa shape index (κ3) is 4.18. The lowest BCUT2D eigenvalue weighted by molar-refractivity contribution is 0.0918. The van der Waals surface area contributed by atoms with Crippen molar-refractivity contribution < 1.29 is 17.6 Å². The number of nitrogens with one attached hydrogen (secondary N) is 1. The molecule has 1 N–H and O–H groups in total. The van der Waals surface area contributed by atoms with Crippen molar-refractivity contribution in [3.8, 4) is 16.9 Å². The van der Waals surface area contributed by atoms with Crippen molar-refractivity contribution in [3.05, 3.63) is 90.3 Å². The fourth-order valence-electron chi connectivity index (χ4n) is 3.00. The summed E-state index contributed by atoms with van der Waals surface area (Å²) in [7, 11) is -3.51. The quantitative estimate of drug-likeness (QED) is 0.514. The molecule has 4 aromatic rings. The predicted molar refractivity (Wildman–Crippen MR) is 112 cm³/mol. The van der Waals surface area contributed by atoms with Crippen LogP contribution in [-0.4, -0.2) is 30.4 Å². The Morgan fingerprint density at radius 1 is 1.00 bits per heavy atom. The maximum absolute atomic E-state index is 12.5. The van der Waals surface area contributed by atoms with E-state index in [9.17, 15) is 13.2 Å². The van der Waals surface area contributed by atoms with E-state index in [0.29, 0.717) is 0 Å². The van der Waals surface area contributed by atoms with Crippen LogP contribution in [-0.2, 0) is 16.4 Å². The zero-order valence-corrected chi connectivity index (χ0v) is 17.0. The van der Waals surface area contributed by atoms with Crippen molar-refractivity contribution in [2.45, 2.75) is 11.6 Å². The first-order valence-electron chi connectivity index (χ1n) is 9.19. The number of para-hydroxylation sites is 1. The van der Waals surface area contributed by atoms with Gasteiger partial charge in [-0.1, -0.05) is 48.5 Å². The first-order chi connectivity index (χ1) is 14.4. The minimum atomic E-state index is -3.51. The third-order valence-corrected chi connectivity index (χ3v) is 5.42. The molecule has 8 heteroatoms. The number of furan rings is 1. The van der Waals surface area contributed by atoms with Gasteiger partial charge in [0.25, 0.3) is 5.91 Å². The van der Waals surface area contributed by atoms with E-state index in [4.69, 9.17) is 9.52 Å². The van der Waals surface area contributed by atoms with Crippen LogP contribution in [0.3, 0.4) is 0 Å². The Balaban J connectivity index is 1.61. The number of hydrogen-bond acceptors (Lipinski definition) is 5. The summed E-state index contributed by atoms with van der Waals surface area (Å²) in [6, 6.07) is 22.0. The Labute approximate surface area is 173 Å². The van der Waals surface area contributed by atoms with Crippen LogP contribution in [0.2, 0.25) is 0 Å². The second kappa shape index (κ2) is 8.00. The molecule has 0 unspecified atom stereocenters. The molecule has 2 aromatic heterocycles. The summed E-state index contributed by atoms with van der Waals surface area (Å²) in [6.07, 6.45) is 2.89. The number of rotatable bonds is 6. The van der Waals surface area contributed by atoms with Crippen LogP contribution >= 0.6 is 0 Å². The first-order valence-corrected chi connectivity index (χ1v) is 11.1. The van der Waals surface area contributed by atoms with Gasteiger partial charge in [-0.3, -0.25) is 4.79 Å². The van der Waals surface area contributed by atoms with Gasteiger partial charge in [0, 0.05) is 30.1 Å². The largest absolute Gasteiger partial charge is 0.440 e. The van der Waals surface area contributed by atoms with Crippen LogP contribution in [0.4, 0.5) is 0 Å². The number of nitrogens with zero attached hydrogens (tertiary/aromatic N) is 2.